The molecule has 0 saturated carbocycles. The summed E-state index contributed by atoms with van der Waals surface area (Å²) in [6.45, 7) is 0. The van der Waals surface area contributed by atoms with Crippen molar-refractivity contribution in [3.05, 3.63) is 146 Å². The van der Waals surface area contributed by atoms with E-state index in [-0.39, 0.29) is 0 Å². The van der Waals surface area contributed by atoms with Gasteiger partial charge in [0.1, 0.15) is 0 Å². The van der Waals surface area contributed by atoms with E-state index >= 15 is 0 Å². The van der Waals surface area contributed by atoms with Crippen molar-refractivity contribution >= 4 is 54.5 Å². The molecule has 0 spiro atoms. The lowest BCUT2D eigenvalue weighted by Gasteiger charge is -2.13. The second-order valence-corrected chi connectivity index (χ2v) is 10.9. The minimum absolute atomic E-state index is 0.892. The molecule has 0 aliphatic rings. The average Bonchev–Trinajstić information content (AvgIpc) is 3.42. The third-order valence-electron chi connectivity index (χ3n) is 8.40. The predicted octanol–water partition coefficient (Wildman–Crippen LogP) is 9.76. The standard InChI is InChI=1S/C39H24N4/c1-2-10-25(11-3-1)39-30-19-22-36-38(37(30)28-14-4-6-16-32(28)42-39)29-15-5-7-18-35(29)43(36)27-13-8-12-26(24-27)31-20-21-33-34(41-31)17-9-23-40-33/h1-24H. The molecule has 4 heteroatoms. The highest BCUT2D eigenvalue weighted by atomic mass is 15.0. The summed E-state index contributed by atoms with van der Waals surface area (Å²) in [4.78, 5) is 14.5. The molecule has 4 heterocycles. The van der Waals surface area contributed by atoms with Gasteiger partial charge in [-0.3, -0.25) is 4.98 Å². The zero-order chi connectivity index (χ0) is 28.3. The van der Waals surface area contributed by atoms with Gasteiger partial charge in [-0.05, 0) is 54.6 Å². The maximum atomic E-state index is 5.17. The minimum Gasteiger partial charge on any atom is -0.309 e. The van der Waals surface area contributed by atoms with E-state index in [1.807, 2.05) is 18.2 Å². The zero-order valence-corrected chi connectivity index (χ0v) is 23.1. The number of fused-ring (bicyclic) bond motifs is 8. The summed E-state index contributed by atoms with van der Waals surface area (Å²) in [6, 6.07) is 48.9. The molecule has 0 radical (unpaired) electrons. The number of hydrogen-bond donors (Lipinski definition) is 0. The molecule has 0 N–H and O–H groups in total. The molecule has 0 atom stereocenters. The molecule has 0 aliphatic heterocycles. The Morgan fingerprint density at radius 3 is 2.16 bits per heavy atom. The fourth-order valence-corrected chi connectivity index (χ4v) is 6.52. The summed E-state index contributed by atoms with van der Waals surface area (Å²) < 4.78 is 2.38. The summed E-state index contributed by atoms with van der Waals surface area (Å²) in [5, 5.41) is 6.01. The van der Waals surface area contributed by atoms with E-state index in [0.29, 0.717) is 0 Å². The van der Waals surface area contributed by atoms with Crippen LogP contribution in [-0.2, 0) is 0 Å². The van der Waals surface area contributed by atoms with Crippen LogP contribution in [0.25, 0.3) is 82.7 Å². The molecule has 4 nitrogen and oxygen atoms in total. The molecule has 0 fully saturated rings. The largest absolute Gasteiger partial charge is 0.309 e. The van der Waals surface area contributed by atoms with Gasteiger partial charge in [-0.25, -0.2) is 9.97 Å². The molecule has 9 rings (SSSR count). The predicted molar refractivity (Wildman–Crippen MR) is 178 cm³/mol. The molecule has 4 aromatic heterocycles. The van der Waals surface area contributed by atoms with Crippen LogP contribution in [0.15, 0.2) is 146 Å². The molecule has 200 valence electrons. The molecule has 0 unspecified atom stereocenters. The van der Waals surface area contributed by atoms with Crippen LogP contribution >= 0.6 is 0 Å². The monoisotopic (exact) mass is 548 g/mol. The fraction of sp³-hybridized carbons (Fsp3) is 0. The Kier molecular flexibility index (Phi) is 5.16. The van der Waals surface area contributed by atoms with Gasteiger partial charge in [-0.2, -0.15) is 0 Å². The van der Waals surface area contributed by atoms with Crippen molar-refractivity contribution in [3.8, 4) is 28.2 Å². The van der Waals surface area contributed by atoms with Crippen LogP contribution in [0.4, 0.5) is 0 Å². The topological polar surface area (TPSA) is 43.6 Å². The summed E-state index contributed by atoms with van der Waals surface area (Å²) >= 11 is 0. The second-order valence-electron chi connectivity index (χ2n) is 10.9. The summed E-state index contributed by atoms with van der Waals surface area (Å²) in [7, 11) is 0. The van der Waals surface area contributed by atoms with Gasteiger partial charge in [0.15, 0.2) is 0 Å². The van der Waals surface area contributed by atoms with E-state index in [0.717, 1.165) is 61.0 Å². The van der Waals surface area contributed by atoms with Gasteiger partial charge >= 0.3 is 0 Å². The first-order valence-corrected chi connectivity index (χ1v) is 14.5. The number of rotatable bonds is 3. The number of aromatic nitrogens is 4. The number of para-hydroxylation sites is 2. The first-order valence-electron chi connectivity index (χ1n) is 14.5. The first-order chi connectivity index (χ1) is 21.3. The Labute approximate surface area is 247 Å². The maximum Gasteiger partial charge on any atom is 0.0894 e. The highest BCUT2D eigenvalue weighted by Crippen LogP contribution is 2.42. The zero-order valence-electron chi connectivity index (χ0n) is 23.1. The minimum atomic E-state index is 0.892. The van der Waals surface area contributed by atoms with Crippen LogP contribution in [0.2, 0.25) is 0 Å². The fourth-order valence-electron chi connectivity index (χ4n) is 6.52. The molecule has 43 heavy (non-hydrogen) atoms. The molecule has 0 amide bonds. The van der Waals surface area contributed by atoms with Gasteiger partial charge in [0, 0.05) is 49.9 Å². The summed E-state index contributed by atoms with van der Waals surface area (Å²) in [5.41, 5.74) is 10.3. The van der Waals surface area contributed by atoms with E-state index in [9.17, 15) is 0 Å². The quantitative estimate of drug-likeness (QED) is 0.206. The molecular formula is C39H24N4. The van der Waals surface area contributed by atoms with Crippen molar-refractivity contribution < 1.29 is 0 Å². The Hall–Kier alpha value is -5.87. The van der Waals surface area contributed by atoms with Crippen LogP contribution in [0.3, 0.4) is 0 Å². The number of pyridine rings is 3. The van der Waals surface area contributed by atoms with Crippen molar-refractivity contribution in [1.29, 1.82) is 0 Å². The van der Waals surface area contributed by atoms with Crippen LogP contribution in [0.5, 0.6) is 0 Å². The van der Waals surface area contributed by atoms with Crippen LogP contribution in [0.1, 0.15) is 0 Å². The second kappa shape index (κ2) is 9.33. The van der Waals surface area contributed by atoms with Crippen molar-refractivity contribution in [2.45, 2.75) is 0 Å². The number of nitrogens with zero attached hydrogens (tertiary/aromatic N) is 4. The van der Waals surface area contributed by atoms with Crippen LogP contribution in [0, 0.1) is 0 Å². The van der Waals surface area contributed by atoms with Crippen molar-refractivity contribution in [1.82, 2.24) is 19.5 Å². The molecule has 0 saturated heterocycles. The number of hydrogen-bond acceptors (Lipinski definition) is 3. The normalized spacial score (nSPS) is 11.7. The van der Waals surface area contributed by atoms with E-state index in [1.54, 1.807) is 6.20 Å². The highest BCUT2D eigenvalue weighted by molar-refractivity contribution is 6.29. The Bertz CT molecular complexity index is 2510. The smallest absolute Gasteiger partial charge is 0.0894 e. The van der Waals surface area contributed by atoms with Gasteiger partial charge in [0.05, 0.1) is 39.0 Å². The van der Waals surface area contributed by atoms with Crippen molar-refractivity contribution in [3.63, 3.8) is 0 Å². The van der Waals surface area contributed by atoms with Crippen molar-refractivity contribution in [2.75, 3.05) is 0 Å². The van der Waals surface area contributed by atoms with Crippen molar-refractivity contribution in [2.24, 2.45) is 0 Å². The lowest BCUT2D eigenvalue weighted by Crippen LogP contribution is -1.95. The van der Waals surface area contributed by atoms with Gasteiger partial charge in [0.2, 0.25) is 0 Å². The third-order valence-corrected chi connectivity index (χ3v) is 8.40. The van der Waals surface area contributed by atoms with Crippen LogP contribution in [-0.4, -0.2) is 19.5 Å². The summed E-state index contributed by atoms with van der Waals surface area (Å²) in [6.07, 6.45) is 1.80. The van der Waals surface area contributed by atoms with Crippen LogP contribution < -0.4 is 0 Å². The lowest BCUT2D eigenvalue weighted by atomic mass is 9.96. The van der Waals surface area contributed by atoms with Gasteiger partial charge in [-0.1, -0.05) is 84.9 Å². The lowest BCUT2D eigenvalue weighted by molar-refractivity contribution is 1.18. The van der Waals surface area contributed by atoms with E-state index < -0.39 is 0 Å². The van der Waals surface area contributed by atoms with Gasteiger partial charge in [-0.15, -0.1) is 0 Å². The van der Waals surface area contributed by atoms with E-state index in [4.69, 9.17) is 9.97 Å². The molecule has 5 aromatic carbocycles. The molecule has 0 bridgehead atoms. The highest BCUT2D eigenvalue weighted by Gasteiger charge is 2.19. The van der Waals surface area contributed by atoms with Gasteiger partial charge in [0.25, 0.3) is 0 Å². The Balaban J connectivity index is 1.36. The third kappa shape index (κ3) is 3.67. The average molecular weight is 549 g/mol. The maximum absolute atomic E-state index is 5.17. The number of benzene rings is 5. The SMILES string of the molecule is c1ccc(-c2nc3ccccc3c3c2ccc2c3c3ccccc3n2-c2cccc(-c3ccc4ncccc4n3)c2)cc1. The Morgan fingerprint density at radius 2 is 1.23 bits per heavy atom. The van der Waals surface area contributed by atoms with Gasteiger partial charge < -0.3 is 4.57 Å². The summed E-state index contributed by atoms with van der Waals surface area (Å²) in [5.74, 6) is 0. The molecule has 0 aliphatic carbocycles. The van der Waals surface area contributed by atoms with E-state index in [1.165, 1.54) is 21.7 Å². The first kappa shape index (κ1) is 23.8. The molecule has 9 aromatic rings. The molecular weight excluding hydrogens is 524 g/mol. The Morgan fingerprint density at radius 1 is 0.442 bits per heavy atom. The van der Waals surface area contributed by atoms with E-state index in [2.05, 4.69) is 131 Å².